The third-order valence-corrected chi connectivity index (χ3v) is 5.81. The molecule has 0 aromatic carbocycles. The number of hydrogen-bond donors (Lipinski definition) is 6. The standard InChI is InChI=1S/C19H31N5O8/c1-9(25)13(15(20)27)21-16(28)11-5-7-23(8-11)17(29)12-4-3-6-24(12)18(30)14(10(2)26)22-19(31)32/h9-14,22,25-26H,3-8H2,1-2H3,(H2,20,27)(H,21,28)(H,31,32)/t9-,10-,11+,12-,13+,14+/m1/s1. The zero-order chi connectivity index (χ0) is 24.2. The van der Waals surface area contributed by atoms with Crippen LogP contribution in [0.25, 0.3) is 0 Å². The number of likely N-dealkylation sites (tertiary alicyclic amines) is 2. The molecule has 0 spiro atoms. The Morgan fingerprint density at radius 3 is 2.12 bits per heavy atom. The molecule has 2 aliphatic heterocycles. The fourth-order valence-electron chi connectivity index (χ4n) is 4.07. The van der Waals surface area contributed by atoms with Crippen LogP contribution in [0.15, 0.2) is 0 Å². The number of nitrogens with one attached hydrogen (secondary N) is 2. The average molecular weight is 457 g/mol. The second kappa shape index (κ2) is 10.6. The Kier molecular flexibility index (Phi) is 8.38. The largest absolute Gasteiger partial charge is 0.465 e. The number of aliphatic hydroxyl groups is 2. The highest BCUT2D eigenvalue weighted by atomic mass is 16.4. The number of carbonyl (C=O) groups excluding carboxylic acids is 4. The van der Waals surface area contributed by atoms with Gasteiger partial charge in [-0.2, -0.15) is 0 Å². The van der Waals surface area contributed by atoms with Crippen molar-refractivity contribution in [3.8, 4) is 0 Å². The van der Waals surface area contributed by atoms with Crippen LogP contribution in [0, 0.1) is 5.92 Å². The molecule has 2 fully saturated rings. The van der Waals surface area contributed by atoms with E-state index in [1.807, 2.05) is 5.32 Å². The maximum atomic E-state index is 13.1. The Morgan fingerprint density at radius 2 is 1.59 bits per heavy atom. The molecule has 32 heavy (non-hydrogen) atoms. The molecular weight excluding hydrogens is 426 g/mol. The van der Waals surface area contributed by atoms with E-state index in [1.54, 1.807) is 0 Å². The number of nitrogens with two attached hydrogens (primary N) is 1. The summed E-state index contributed by atoms with van der Waals surface area (Å²) in [4.78, 5) is 63.4. The normalized spacial score (nSPS) is 24.4. The van der Waals surface area contributed by atoms with E-state index in [9.17, 15) is 34.2 Å². The molecule has 0 unspecified atom stereocenters. The first-order valence-corrected chi connectivity index (χ1v) is 10.5. The molecule has 6 atom stereocenters. The Balaban J connectivity index is 2.03. The highest BCUT2D eigenvalue weighted by Gasteiger charge is 2.43. The van der Waals surface area contributed by atoms with Crippen molar-refractivity contribution < 1.29 is 39.3 Å². The highest BCUT2D eigenvalue weighted by Crippen LogP contribution is 2.25. The summed E-state index contributed by atoms with van der Waals surface area (Å²) in [5.41, 5.74) is 5.19. The minimum absolute atomic E-state index is 0.0711. The molecule has 2 saturated heterocycles. The molecule has 7 N–H and O–H groups in total. The monoisotopic (exact) mass is 457 g/mol. The number of primary amides is 1. The van der Waals surface area contributed by atoms with Crippen molar-refractivity contribution in [1.29, 1.82) is 0 Å². The summed E-state index contributed by atoms with van der Waals surface area (Å²) in [6.45, 7) is 3.18. The van der Waals surface area contributed by atoms with E-state index in [0.717, 1.165) is 0 Å². The molecule has 13 heteroatoms. The number of carboxylic acid groups (broad SMARTS) is 1. The van der Waals surface area contributed by atoms with E-state index in [2.05, 4.69) is 5.32 Å². The lowest BCUT2D eigenvalue weighted by Crippen LogP contribution is -2.57. The molecule has 2 heterocycles. The highest BCUT2D eigenvalue weighted by molar-refractivity contribution is 5.93. The number of hydrogen-bond acceptors (Lipinski definition) is 7. The average Bonchev–Trinajstić information content (AvgIpc) is 3.37. The number of aliphatic hydroxyl groups excluding tert-OH is 2. The fourth-order valence-corrected chi connectivity index (χ4v) is 4.07. The first-order chi connectivity index (χ1) is 14.9. The van der Waals surface area contributed by atoms with Crippen LogP contribution in [0.4, 0.5) is 4.79 Å². The predicted octanol–water partition coefficient (Wildman–Crippen LogP) is -2.81. The van der Waals surface area contributed by atoms with Crippen molar-refractivity contribution in [2.45, 2.75) is 63.4 Å². The summed E-state index contributed by atoms with van der Waals surface area (Å²) in [6, 6.07) is -3.46. The second-order valence-corrected chi connectivity index (χ2v) is 8.26. The van der Waals surface area contributed by atoms with Crippen LogP contribution in [0.2, 0.25) is 0 Å². The van der Waals surface area contributed by atoms with Gasteiger partial charge in [0.2, 0.25) is 23.6 Å². The van der Waals surface area contributed by atoms with Gasteiger partial charge in [-0.15, -0.1) is 0 Å². The number of nitrogens with zero attached hydrogens (tertiary/aromatic N) is 2. The van der Waals surface area contributed by atoms with Gasteiger partial charge >= 0.3 is 6.09 Å². The van der Waals surface area contributed by atoms with E-state index in [-0.39, 0.29) is 25.5 Å². The fraction of sp³-hybridized carbons (Fsp3) is 0.737. The van der Waals surface area contributed by atoms with Crippen LogP contribution in [0.1, 0.15) is 33.1 Å². The third-order valence-electron chi connectivity index (χ3n) is 5.81. The number of carbonyl (C=O) groups is 5. The molecule has 0 radical (unpaired) electrons. The lowest BCUT2D eigenvalue weighted by atomic mass is 10.1. The maximum absolute atomic E-state index is 13.1. The molecule has 0 bridgehead atoms. The van der Waals surface area contributed by atoms with Crippen molar-refractivity contribution in [1.82, 2.24) is 20.4 Å². The molecule has 13 nitrogen and oxygen atoms in total. The molecule has 0 aliphatic carbocycles. The van der Waals surface area contributed by atoms with Gasteiger partial charge in [-0.05, 0) is 33.1 Å². The first kappa shape index (κ1) is 25.3. The lowest BCUT2D eigenvalue weighted by Gasteiger charge is -2.31. The Labute approximate surface area is 184 Å². The van der Waals surface area contributed by atoms with E-state index in [1.165, 1.54) is 23.6 Å². The maximum Gasteiger partial charge on any atom is 0.405 e. The second-order valence-electron chi connectivity index (χ2n) is 8.26. The van der Waals surface area contributed by atoms with E-state index < -0.39 is 60.1 Å². The minimum atomic E-state index is -1.47. The summed E-state index contributed by atoms with van der Waals surface area (Å²) in [6.07, 6.45) is -2.68. The van der Waals surface area contributed by atoms with Crippen molar-refractivity contribution in [3.63, 3.8) is 0 Å². The smallest absolute Gasteiger partial charge is 0.405 e. The zero-order valence-corrected chi connectivity index (χ0v) is 18.1. The number of amides is 5. The van der Waals surface area contributed by atoms with Gasteiger partial charge in [-0.3, -0.25) is 19.2 Å². The van der Waals surface area contributed by atoms with Crippen LogP contribution in [-0.4, -0.2) is 105 Å². The van der Waals surface area contributed by atoms with Crippen molar-refractivity contribution in [2.24, 2.45) is 11.7 Å². The number of rotatable bonds is 8. The van der Waals surface area contributed by atoms with E-state index >= 15 is 0 Å². The SMILES string of the molecule is C[C@@H](O)[C@H](NC(=O)[C@H]1CCN(C(=O)[C@H]2CCCN2C(=O)[C@@H](NC(=O)O)[C@@H](C)O)C1)C(N)=O. The van der Waals surface area contributed by atoms with Crippen molar-refractivity contribution in [3.05, 3.63) is 0 Å². The van der Waals surface area contributed by atoms with Crippen LogP contribution >= 0.6 is 0 Å². The molecule has 0 saturated carbocycles. The van der Waals surface area contributed by atoms with Crippen LogP contribution in [-0.2, 0) is 19.2 Å². The van der Waals surface area contributed by atoms with Gasteiger partial charge in [0.25, 0.3) is 0 Å². The molecule has 2 aliphatic rings. The Morgan fingerprint density at radius 1 is 0.969 bits per heavy atom. The zero-order valence-electron chi connectivity index (χ0n) is 18.1. The first-order valence-electron chi connectivity index (χ1n) is 10.5. The van der Waals surface area contributed by atoms with Gasteiger partial charge in [0.05, 0.1) is 18.1 Å². The molecular formula is C19H31N5O8. The molecule has 0 aromatic rings. The summed E-state index contributed by atoms with van der Waals surface area (Å²) < 4.78 is 0. The topological polar surface area (TPSA) is 203 Å². The van der Waals surface area contributed by atoms with E-state index in [4.69, 9.17) is 10.8 Å². The third kappa shape index (κ3) is 5.85. The van der Waals surface area contributed by atoms with Crippen molar-refractivity contribution >= 4 is 29.7 Å². The van der Waals surface area contributed by atoms with Gasteiger partial charge in [0, 0.05) is 19.6 Å². The van der Waals surface area contributed by atoms with Gasteiger partial charge in [-0.25, -0.2) is 4.79 Å². The van der Waals surface area contributed by atoms with Crippen LogP contribution in [0.3, 0.4) is 0 Å². The molecule has 180 valence electrons. The molecule has 2 rings (SSSR count). The van der Waals surface area contributed by atoms with Gasteiger partial charge < -0.3 is 41.5 Å². The Hall–Kier alpha value is -2.93. The van der Waals surface area contributed by atoms with Gasteiger partial charge in [0.1, 0.15) is 18.1 Å². The Bertz CT molecular complexity index is 758. The quantitative estimate of drug-likeness (QED) is 0.224. The van der Waals surface area contributed by atoms with E-state index in [0.29, 0.717) is 19.3 Å². The van der Waals surface area contributed by atoms with Crippen molar-refractivity contribution in [2.75, 3.05) is 19.6 Å². The molecule has 5 amide bonds. The summed E-state index contributed by atoms with van der Waals surface area (Å²) in [5, 5.41) is 32.7. The minimum Gasteiger partial charge on any atom is -0.465 e. The van der Waals surface area contributed by atoms with Crippen LogP contribution in [0.5, 0.6) is 0 Å². The molecule has 0 aromatic heterocycles. The summed E-state index contributed by atoms with van der Waals surface area (Å²) in [5.74, 6) is -3.05. The lowest BCUT2D eigenvalue weighted by molar-refractivity contribution is -0.145. The van der Waals surface area contributed by atoms with Gasteiger partial charge in [0.15, 0.2) is 0 Å². The predicted molar refractivity (Wildman–Crippen MR) is 109 cm³/mol. The van der Waals surface area contributed by atoms with Gasteiger partial charge in [-0.1, -0.05) is 0 Å². The summed E-state index contributed by atoms with van der Waals surface area (Å²) in [7, 11) is 0. The summed E-state index contributed by atoms with van der Waals surface area (Å²) >= 11 is 0. The van der Waals surface area contributed by atoms with Crippen LogP contribution < -0.4 is 16.4 Å².